The van der Waals surface area contributed by atoms with Crippen LogP contribution in [-0.4, -0.2) is 11.0 Å². The number of hydrogen-bond donors (Lipinski definition) is 0. The summed E-state index contributed by atoms with van der Waals surface area (Å²) in [5.74, 6) is -1.51. The third-order valence-electron chi connectivity index (χ3n) is 3.41. The molecule has 0 aliphatic carbocycles. The van der Waals surface area contributed by atoms with Gasteiger partial charge in [-0.05, 0) is 30.3 Å². The fourth-order valence-corrected chi connectivity index (χ4v) is 3.46. The highest BCUT2D eigenvalue weighted by Gasteiger charge is 2.33. The van der Waals surface area contributed by atoms with Crippen molar-refractivity contribution in [2.75, 3.05) is 0 Å². The molecule has 0 saturated heterocycles. The molecular formula is C17H8ClF3NO2S-. The number of alkyl halides is 3. The van der Waals surface area contributed by atoms with Crippen LogP contribution in [0.4, 0.5) is 13.2 Å². The van der Waals surface area contributed by atoms with E-state index in [9.17, 15) is 23.1 Å². The van der Waals surface area contributed by atoms with Gasteiger partial charge in [-0.1, -0.05) is 35.5 Å². The number of carboxylic acid groups (broad SMARTS) is 1. The number of carbonyl (C=O) groups excluding carboxylic acids is 1. The molecule has 0 atom stereocenters. The highest BCUT2D eigenvalue weighted by molar-refractivity contribution is 7.99. The molecule has 0 saturated carbocycles. The van der Waals surface area contributed by atoms with Crippen LogP contribution in [0.5, 0.6) is 0 Å². The maximum atomic E-state index is 13.2. The number of carbonyl (C=O) groups is 1. The van der Waals surface area contributed by atoms with Crippen LogP contribution in [0.15, 0.2) is 58.5 Å². The first-order valence-electron chi connectivity index (χ1n) is 6.91. The zero-order chi connectivity index (χ0) is 18.2. The van der Waals surface area contributed by atoms with Crippen molar-refractivity contribution in [1.29, 1.82) is 0 Å². The van der Waals surface area contributed by atoms with E-state index in [-0.39, 0.29) is 21.4 Å². The summed E-state index contributed by atoms with van der Waals surface area (Å²) in [5.41, 5.74) is -1.50. The van der Waals surface area contributed by atoms with Crippen LogP contribution in [0.1, 0.15) is 15.9 Å². The molecule has 25 heavy (non-hydrogen) atoms. The van der Waals surface area contributed by atoms with E-state index in [0.29, 0.717) is 9.92 Å². The van der Waals surface area contributed by atoms with Crippen molar-refractivity contribution in [3.05, 3.63) is 64.8 Å². The van der Waals surface area contributed by atoms with E-state index in [1.165, 1.54) is 12.1 Å². The van der Waals surface area contributed by atoms with Crippen molar-refractivity contribution in [3.8, 4) is 0 Å². The Labute approximate surface area is 149 Å². The number of rotatable bonds is 3. The molecule has 0 spiro atoms. The molecule has 0 amide bonds. The molecule has 3 aromatic rings. The van der Waals surface area contributed by atoms with Gasteiger partial charge in [0, 0.05) is 32.0 Å². The van der Waals surface area contributed by atoms with Crippen molar-refractivity contribution in [3.63, 3.8) is 0 Å². The second-order valence-corrected chi connectivity index (χ2v) is 6.56. The Balaban J connectivity index is 2.24. The molecule has 0 bridgehead atoms. The van der Waals surface area contributed by atoms with E-state index < -0.39 is 17.7 Å². The normalized spacial score (nSPS) is 11.7. The maximum Gasteiger partial charge on any atom is 0.418 e. The number of pyridine rings is 1. The fraction of sp³-hybridized carbons (Fsp3) is 0.0588. The van der Waals surface area contributed by atoms with Gasteiger partial charge in [-0.2, -0.15) is 13.2 Å². The SMILES string of the molecule is O=C([O-])c1cnc2c(C(F)(F)F)cccc2c1Sc1ccc(Cl)cc1. The van der Waals surface area contributed by atoms with Crippen LogP contribution in [0.2, 0.25) is 5.02 Å². The first-order valence-corrected chi connectivity index (χ1v) is 8.10. The van der Waals surface area contributed by atoms with Crippen LogP contribution in [0, 0.1) is 0 Å². The third kappa shape index (κ3) is 3.57. The summed E-state index contributed by atoms with van der Waals surface area (Å²) >= 11 is 6.83. The number of para-hydroxylation sites is 1. The molecule has 2 aromatic carbocycles. The smallest absolute Gasteiger partial charge is 0.418 e. The summed E-state index contributed by atoms with van der Waals surface area (Å²) in [4.78, 5) is 15.9. The molecule has 8 heteroatoms. The van der Waals surface area contributed by atoms with E-state index in [0.717, 1.165) is 24.0 Å². The second-order valence-electron chi connectivity index (χ2n) is 5.04. The van der Waals surface area contributed by atoms with Crippen LogP contribution in [0.25, 0.3) is 10.9 Å². The predicted octanol–water partition coefficient (Wildman–Crippen LogP) is 4.42. The van der Waals surface area contributed by atoms with Gasteiger partial charge in [-0.3, -0.25) is 4.98 Å². The molecule has 0 N–H and O–H groups in total. The molecule has 1 aromatic heterocycles. The summed E-state index contributed by atoms with van der Waals surface area (Å²) in [6, 6.07) is 10.0. The van der Waals surface area contributed by atoms with E-state index in [1.807, 2.05) is 0 Å². The van der Waals surface area contributed by atoms with Gasteiger partial charge in [0.15, 0.2) is 0 Å². The Morgan fingerprint density at radius 2 is 1.80 bits per heavy atom. The van der Waals surface area contributed by atoms with Crippen molar-refractivity contribution in [2.24, 2.45) is 0 Å². The molecule has 0 unspecified atom stereocenters. The standard InChI is InChI=1S/C17H9ClF3NO2S/c18-9-4-6-10(7-5-9)25-15-11-2-1-3-13(17(19,20)21)14(11)22-8-12(15)16(23)24/h1-8H,(H,23,24)/p-1. The number of halogens is 4. The highest BCUT2D eigenvalue weighted by atomic mass is 35.5. The number of fused-ring (bicyclic) bond motifs is 1. The minimum atomic E-state index is -4.60. The molecule has 3 nitrogen and oxygen atoms in total. The summed E-state index contributed by atoms with van der Waals surface area (Å²) in [6.45, 7) is 0. The lowest BCUT2D eigenvalue weighted by Crippen LogP contribution is -2.23. The first kappa shape index (κ1) is 17.6. The Morgan fingerprint density at radius 1 is 1.12 bits per heavy atom. The molecule has 0 radical (unpaired) electrons. The average molecular weight is 383 g/mol. The number of benzene rings is 2. The van der Waals surface area contributed by atoms with E-state index in [1.54, 1.807) is 24.3 Å². The van der Waals surface area contributed by atoms with E-state index in [2.05, 4.69) is 4.98 Å². The largest absolute Gasteiger partial charge is 0.545 e. The molecule has 0 aliphatic rings. The highest BCUT2D eigenvalue weighted by Crippen LogP contribution is 2.40. The van der Waals surface area contributed by atoms with E-state index >= 15 is 0 Å². The van der Waals surface area contributed by atoms with Gasteiger partial charge >= 0.3 is 6.18 Å². The lowest BCUT2D eigenvalue weighted by Gasteiger charge is -2.15. The summed E-state index contributed by atoms with van der Waals surface area (Å²) in [7, 11) is 0. The minimum Gasteiger partial charge on any atom is -0.545 e. The van der Waals surface area contributed by atoms with Crippen LogP contribution in [-0.2, 0) is 6.18 Å². The van der Waals surface area contributed by atoms with Gasteiger partial charge in [0.1, 0.15) is 0 Å². The Hall–Kier alpha value is -2.25. The minimum absolute atomic E-state index is 0.0940. The van der Waals surface area contributed by atoms with Crippen LogP contribution >= 0.6 is 23.4 Å². The zero-order valence-corrected chi connectivity index (χ0v) is 13.9. The lowest BCUT2D eigenvalue weighted by atomic mass is 10.1. The van der Waals surface area contributed by atoms with Crippen LogP contribution in [0.3, 0.4) is 0 Å². The predicted molar refractivity (Wildman–Crippen MR) is 86.7 cm³/mol. The summed E-state index contributed by atoms with van der Waals surface area (Å²) in [5, 5.41) is 12.0. The van der Waals surface area contributed by atoms with Crippen LogP contribution < -0.4 is 5.11 Å². The summed E-state index contributed by atoms with van der Waals surface area (Å²) in [6.07, 6.45) is -3.71. The maximum absolute atomic E-state index is 13.2. The molecular weight excluding hydrogens is 375 g/mol. The fourth-order valence-electron chi connectivity index (χ4n) is 2.30. The number of aromatic carboxylic acids is 1. The van der Waals surface area contributed by atoms with Gasteiger partial charge < -0.3 is 9.90 Å². The molecule has 128 valence electrons. The number of nitrogens with zero attached hydrogens (tertiary/aromatic N) is 1. The molecule has 1 heterocycles. The van der Waals surface area contributed by atoms with E-state index in [4.69, 9.17) is 11.6 Å². The van der Waals surface area contributed by atoms with Gasteiger partial charge in [0.25, 0.3) is 0 Å². The number of carboxylic acids is 1. The van der Waals surface area contributed by atoms with Crippen molar-refractivity contribution >= 4 is 40.2 Å². The zero-order valence-electron chi connectivity index (χ0n) is 12.3. The van der Waals surface area contributed by atoms with Gasteiger partial charge in [-0.15, -0.1) is 0 Å². The Kier molecular flexibility index (Phi) is 4.62. The van der Waals surface area contributed by atoms with Gasteiger partial charge in [-0.25, -0.2) is 0 Å². The average Bonchev–Trinajstić information content (AvgIpc) is 2.55. The van der Waals surface area contributed by atoms with Gasteiger partial charge in [0.2, 0.25) is 0 Å². The van der Waals surface area contributed by atoms with Crippen molar-refractivity contribution in [2.45, 2.75) is 16.0 Å². The number of hydrogen-bond acceptors (Lipinski definition) is 4. The lowest BCUT2D eigenvalue weighted by molar-refractivity contribution is -0.255. The van der Waals surface area contributed by atoms with Gasteiger partial charge in [0.05, 0.1) is 17.0 Å². The van der Waals surface area contributed by atoms with Crippen molar-refractivity contribution < 1.29 is 23.1 Å². The first-order chi connectivity index (χ1) is 11.8. The molecule has 0 fully saturated rings. The quantitative estimate of drug-likeness (QED) is 0.672. The molecule has 3 rings (SSSR count). The number of aromatic nitrogens is 1. The molecule has 0 aliphatic heterocycles. The van der Waals surface area contributed by atoms with Crippen molar-refractivity contribution in [1.82, 2.24) is 4.98 Å². The summed E-state index contributed by atoms with van der Waals surface area (Å²) < 4.78 is 39.6. The Morgan fingerprint density at radius 3 is 2.40 bits per heavy atom. The topological polar surface area (TPSA) is 53.0 Å². The third-order valence-corrected chi connectivity index (χ3v) is 4.81. The monoisotopic (exact) mass is 382 g/mol. The Bertz CT molecular complexity index is 959. The second kappa shape index (κ2) is 6.57.